The van der Waals surface area contributed by atoms with Gasteiger partial charge >= 0.3 is 12.2 Å². The lowest BCUT2D eigenvalue weighted by Gasteiger charge is -2.29. The molecule has 6 heteroatoms. The minimum absolute atomic E-state index is 0.383. The van der Waals surface area contributed by atoms with Gasteiger partial charge < -0.3 is 20.1 Å². The van der Waals surface area contributed by atoms with Crippen LogP contribution in [0.3, 0.4) is 0 Å². The van der Waals surface area contributed by atoms with Crippen molar-refractivity contribution in [2.75, 3.05) is 13.1 Å². The Balaban J connectivity index is 1.35. The topological polar surface area (TPSA) is 76.7 Å². The Labute approximate surface area is 165 Å². The van der Waals surface area contributed by atoms with Crippen LogP contribution < -0.4 is 20.1 Å². The van der Waals surface area contributed by atoms with Gasteiger partial charge in [-0.25, -0.2) is 9.59 Å². The molecule has 1 aliphatic carbocycles. The van der Waals surface area contributed by atoms with Gasteiger partial charge in [0.15, 0.2) is 0 Å². The zero-order valence-corrected chi connectivity index (χ0v) is 15.8. The highest BCUT2D eigenvalue weighted by Gasteiger charge is 2.23. The summed E-state index contributed by atoms with van der Waals surface area (Å²) in [6.07, 6.45) is 3.31. The van der Waals surface area contributed by atoms with Gasteiger partial charge in [0.1, 0.15) is 11.5 Å². The monoisotopic (exact) mass is 382 g/mol. The Morgan fingerprint density at radius 1 is 0.750 bits per heavy atom. The molecule has 1 saturated carbocycles. The van der Waals surface area contributed by atoms with Crippen molar-refractivity contribution >= 4 is 12.2 Å². The summed E-state index contributed by atoms with van der Waals surface area (Å²) in [6, 6.07) is 18.0. The van der Waals surface area contributed by atoms with Gasteiger partial charge in [0, 0.05) is 13.1 Å². The van der Waals surface area contributed by atoms with Crippen molar-refractivity contribution in [1.82, 2.24) is 10.6 Å². The molecule has 0 saturated heterocycles. The molecule has 1 fully saturated rings. The second-order valence-corrected chi connectivity index (χ2v) is 7.07. The summed E-state index contributed by atoms with van der Waals surface area (Å²) >= 11 is 0. The van der Waals surface area contributed by atoms with E-state index in [2.05, 4.69) is 10.6 Å². The molecule has 0 spiro atoms. The lowest BCUT2D eigenvalue weighted by molar-refractivity contribution is 0.187. The molecule has 6 nitrogen and oxygen atoms in total. The summed E-state index contributed by atoms with van der Waals surface area (Å²) in [4.78, 5) is 23.8. The Kier molecular flexibility index (Phi) is 7.29. The van der Waals surface area contributed by atoms with Crippen molar-refractivity contribution in [1.29, 1.82) is 0 Å². The predicted octanol–water partition coefficient (Wildman–Crippen LogP) is 4.37. The van der Waals surface area contributed by atoms with Crippen molar-refractivity contribution in [3.63, 3.8) is 0 Å². The van der Waals surface area contributed by atoms with E-state index in [4.69, 9.17) is 9.47 Å². The van der Waals surface area contributed by atoms with Gasteiger partial charge in [0.05, 0.1) is 0 Å². The fourth-order valence-corrected chi connectivity index (χ4v) is 3.49. The average molecular weight is 382 g/mol. The van der Waals surface area contributed by atoms with E-state index in [1.807, 2.05) is 36.4 Å². The van der Waals surface area contributed by atoms with E-state index in [0.717, 1.165) is 25.7 Å². The molecule has 2 atom stereocenters. The van der Waals surface area contributed by atoms with Gasteiger partial charge in [-0.05, 0) is 55.4 Å². The fourth-order valence-electron chi connectivity index (χ4n) is 3.49. The van der Waals surface area contributed by atoms with E-state index >= 15 is 0 Å². The molecule has 0 radical (unpaired) electrons. The molecule has 148 valence electrons. The second kappa shape index (κ2) is 10.3. The van der Waals surface area contributed by atoms with Crippen LogP contribution in [0.5, 0.6) is 11.5 Å². The first-order valence-electron chi connectivity index (χ1n) is 9.70. The SMILES string of the molecule is O=C(NCC1CCCC(CNC(=O)Oc2ccccc2)C1)Oc1ccccc1. The third-order valence-electron chi connectivity index (χ3n) is 4.87. The van der Waals surface area contributed by atoms with Crippen LogP contribution in [0.15, 0.2) is 60.7 Å². The third kappa shape index (κ3) is 6.61. The molecular formula is C22H26N2O4. The number of ether oxygens (including phenoxy) is 2. The molecule has 0 bridgehead atoms. The van der Waals surface area contributed by atoms with Crippen molar-refractivity contribution in [3.8, 4) is 11.5 Å². The third-order valence-corrected chi connectivity index (χ3v) is 4.87. The summed E-state index contributed by atoms with van der Waals surface area (Å²) in [5.74, 6) is 1.83. The number of benzene rings is 2. The quantitative estimate of drug-likeness (QED) is 0.778. The number of amides is 2. The van der Waals surface area contributed by atoms with E-state index in [1.54, 1.807) is 24.3 Å². The van der Waals surface area contributed by atoms with Crippen molar-refractivity contribution in [3.05, 3.63) is 60.7 Å². The molecule has 2 aromatic carbocycles. The second-order valence-electron chi connectivity index (χ2n) is 7.07. The minimum Gasteiger partial charge on any atom is -0.410 e. The van der Waals surface area contributed by atoms with Gasteiger partial charge in [0.25, 0.3) is 0 Å². The van der Waals surface area contributed by atoms with Crippen LogP contribution in [-0.2, 0) is 0 Å². The smallest absolute Gasteiger partial charge is 0.410 e. The predicted molar refractivity (Wildman–Crippen MR) is 106 cm³/mol. The summed E-state index contributed by atoms with van der Waals surface area (Å²) in [5.41, 5.74) is 0. The van der Waals surface area contributed by atoms with E-state index in [0.29, 0.717) is 36.4 Å². The summed E-state index contributed by atoms with van der Waals surface area (Å²) < 4.78 is 10.5. The highest BCUT2D eigenvalue weighted by molar-refractivity contribution is 5.70. The standard InChI is InChI=1S/C22H26N2O4/c25-21(27-19-10-3-1-4-11-19)23-15-17-8-7-9-18(14-17)16-24-22(26)28-20-12-5-2-6-13-20/h1-6,10-13,17-18H,7-9,14-16H2,(H,23,25)(H,24,26). The first-order valence-corrected chi connectivity index (χ1v) is 9.70. The lowest BCUT2D eigenvalue weighted by atomic mass is 9.81. The Hall–Kier alpha value is -3.02. The van der Waals surface area contributed by atoms with Crippen LogP contribution in [0.4, 0.5) is 9.59 Å². The molecule has 2 unspecified atom stereocenters. The Morgan fingerprint density at radius 3 is 1.61 bits per heavy atom. The number of carbonyl (C=O) groups is 2. The maximum Gasteiger partial charge on any atom is 0.412 e. The van der Waals surface area contributed by atoms with Crippen molar-refractivity contribution in [2.24, 2.45) is 11.8 Å². The summed E-state index contributed by atoms with van der Waals surface area (Å²) in [5, 5.41) is 5.69. The van der Waals surface area contributed by atoms with E-state index in [1.165, 1.54) is 0 Å². The number of rotatable bonds is 6. The molecular weight excluding hydrogens is 356 g/mol. The van der Waals surface area contributed by atoms with Crippen LogP contribution in [0.25, 0.3) is 0 Å². The molecule has 0 aromatic heterocycles. The zero-order valence-electron chi connectivity index (χ0n) is 15.8. The molecule has 0 heterocycles. The minimum atomic E-state index is -0.433. The first kappa shape index (κ1) is 19.7. The van der Waals surface area contributed by atoms with Crippen LogP contribution in [0.1, 0.15) is 25.7 Å². The Bertz CT molecular complexity index is 688. The molecule has 3 rings (SSSR count). The highest BCUT2D eigenvalue weighted by Crippen LogP contribution is 2.28. The molecule has 1 aliphatic rings. The number of carbonyl (C=O) groups excluding carboxylic acids is 2. The van der Waals surface area contributed by atoms with Gasteiger partial charge in [-0.15, -0.1) is 0 Å². The van der Waals surface area contributed by atoms with E-state index in [9.17, 15) is 9.59 Å². The number of hydrogen-bond donors (Lipinski definition) is 2. The van der Waals surface area contributed by atoms with Crippen LogP contribution >= 0.6 is 0 Å². The average Bonchev–Trinajstić information content (AvgIpc) is 2.73. The van der Waals surface area contributed by atoms with E-state index < -0.39 is 12.2 Å². The maximum atomic E-state index is 11.9. The van der Waals surface area contributed by atoms with Gasteiger partial charge in [0.2, 0.25) is 0 Å². The fraction of sp³-hybridized carbons (Fsp3) is 0.364. The van der Waals surface area contributed by atoms with Gasteiger partial charge in [-0.2, -0.15) is 0 Å². The van der Waals surface area contributed by atoms with Crippen molar-refractivity contribution in [2.45, 2.75) is 25.7 Å². The zero-order chi connectivity index (χ0) is 19.6. The molecule has 2 aromatic rings. The maximum absolute atomic E-state index is 11.9. The van der Waals surface area contributed by atoms with Crippen molar-refractivity contribution < 1.29 is 19.1 Å². The van der Waals surface area contributed by atoms with Gasteiger partial charge in [-0.1, -0.05) is 42.8 Å². The Morgan fingerprint density at radius 2 is 1.18 bits per heavy atom. The molecule has 2 N–H and O–H groups in total. The van der Waals surface area contributed by atoms with Gasteiger partial charge in [-0.3, -0.25) is 0 Å². The molecule has 28 heavy (non-hydrogen) atoms. The molecule has 2 amide bonds. The number of hydrogen-bond acceptors (Lipinski definition) is 4. The van der Waals surface area contributed by atoms with Crippen LogP contribution in [0.2, 0.25) is 0 Å². The normalized spacial score (nSPS) is 18.7. The largest absolute Gasteiger partial charge is 0.412 e. The molecule has 0 aliphatic heterocycles. The van der Waals surface area contributed by atoms with E-state index in [-0.39, 0.29) is 0 Å². The van der Waals surface area contributed by atoms with Crippen LogP contribution in [-0.4, -0.2) is 25.3 Å². The number of nitrogens with one attached hydrogen (secondary N) is 2. The lowest BCUT2D eigenvalue weighted by Crippen LogP contribution is -2.37. The summed E-state index contributed by atoms with van der Waals surface area (Å²) in [6.45, 7) is 1.16. The summed E-state index contributed by atoms with van der Waals surface area (Å²) in [7, 11) is 0. The number of para-hydroxylation sites is 2. The van der Waals surface area contributed by atoms with Crippen LogP contribution in [0, 0.1) is 11.8 Å². The highest BCUT2D eigenvalue weighted by atomic mass is 16.6. The first-order chi connectivity index (χ1) is 13.7.